The van der Waals surface area contributed by atoms with Crippen molar-refractivity contribution in [2.24, 2.45) is 18.7 Å². The molecule has 1 saturated carbocycles. The van der Waals surface area contributed by atoms with Gasteiger partial charge in [-0.2, -0.15) is 0 Å². The third kappa shape index (κ3) is 5.64. The predicted molar refractivity (Wildman–Crippen MR) is 151 cm³/mol. The van der Waals surface area contributed by atoms with E-state index in [-0.39, 0.29) is 54.6 Å². The van der Waals surface area contributed by atoms with E-state index < -0.39 is 11.6 Å². The van der Waals surface area contributed by atoms with Crippen LogP contribution in [-0.2, 0) is 16.6 Å². The first-order chi connectivity index (χ1) is 18.6. The molecular formula is C29H30Cl2FN3O4. The van der Waals surface area contributed by atoms with Crippen molar-refractivity contribution in [3.05, 3.63) is 69.3 Å². The number of anilines is 1. The topological polar surface area (TPSA) is 97.8 Å². The second kappa shape index (κ2) is 10.8. The van der Waals surface area contributed by atoms with E-state index in [1.54, 1.807) is 35.0 Å². The third-order valence-corrected chi connectivity index (χ3v) is 8.27. The molecule has 0 spiro atoms. The summed E-state index contributed by atoms with van der Waals surface area (Å²) in [5, 5.41) is 10.8. The van der Waals surface area contributed by atoms with Crippen molar-refractivity contribution >= 4 is 57.2 Å². The molecule has 39 heavy (non-hydrogen) atoms. The first kappa shape index (κ1) is 27.5. The van der Waals surface area contributed by atoms with Crippen molar-refractivity contribution in [2.45, 2.75) is 31.4 Å². The van der Waals surface area contributed by atoms with Crippen LogP contribution >= 0.6 is 23.2 Å². The molecule has 3 aromatic rings. The van der Waals surface area contributed by atoms with E-state index in [4.69, 9.17) is 33.7 Å². The number of nitrogens with zero attached hydrogens (tertiary/aromatic N) is 2. The zero-order valence-corrected chi connectivity index (χ0v) is 23.1. The largest absolute Gasteiger partial charge is 0.478 e. The molecule has 10 heteroatoms. The molecule has 1 aliphatic heterocycles. The van der Waals surface area contributed by atoms with Gasteiger partial charge in [0, 0.05) is 67.3 Å². The monoisotopic (exact) mass is 573 g/mol. The SMILES string of the molecule is Cn1cc(C(=O)O)c2ccc(N3CCC(F)(COCC(C(=O)C4CC4)=C(N)c4c(Cl)cccc4Cl)CC3)cc21. The van der Waals surface area contributed by atoms with E-state index >= 15 is 4.39 Å². The average Bonchev–Trinajstić information content (AvgIpc) is 3.70. The number of Topliss-reactive ketones (excluding diaryl/α,β-unsaturated/α-hetero) is 1. The van der Waals surface area contributed by atoms with Crippen LogP contribution in [-0.4, -0.2) is 53.4 Å². The van der Waals surface area contributed by atoms with Gasteiger partial charge < -0.3 is 25.0 Å². The summed E-state index contributed by atoms with van der Waals surface area (Å²) in [6.45, 7) is 0.671. The lowest BCUT2D eigenvalue weighted by Crippen LogP contribution is -2.44. The predicted octanol–water partition coefficient (Wildman–Crippen LogP) is 5.86. The first-order valence-electron chi connectivity index (χ1n) is 12.9. The fourth-order valence-electron chi connectivity index (χ4n) is 5.17. The number of halogens is 3. The number of hydrogen-bond donors (Lipinski definition) is 2. The highest BCUT2D eigenvalue weighted by Gasteiger charge is 2.37. The van der Waals surface area contributed by atoms with E-state index in [2.05, 4.69) is 4.90 Å². The lowest BCUT2D eigenvalue weighted by Gasteiger charge is -2.37. The standard InChI is InChI=1S/C29H30Cl2FN3O4/c1-34-14-20(28(37)38)19-8-7-18(13-24(19)34)35-11-9-29(32,10-12-35)16-39-15-21(27(36)17-5-6-17)26(33)25-22(30)3-2-4-23(25)31/h2-4,7-8,13-14,17H,5-6,9-12,15-16,33H2,1H3,(H,37,38). The number of alkyl halides is 1. The fraction of sp³-hybridized carbons (Fsp3) is 0.379. The number of benzene rings is 2. The molecular weight excluding hydrogens is 544 g/mol. The summed E-state index contributed by atoms with van der Waals surface area (Å²) in [4.78, 5) is 26.6. The number of ether oxygens (including phenoxy) is 1. The van der Waals surface area contributed by atoms with Gasteiger partial charge >= 0.3 is 5.97 Å². The van der Waals surface area contributed by atoms with E-state index in [0.29, 0.717) is 34.1 Å². The maximum Gasteiger partial charge on any atom is 0.337 e. The Morgan fingerprint density at radius 1 is 1.15 bits per heavy atom. The summed E-state index contributed by atoms with van der Waals surface area (Å²) >= 11 is 12.6. The van der Waals surface area contributed by atoms with Crippen LogP contribution in [0.5, 0.6) is 0 Å². The molecule has 0 bridgehead atoms. The number of ketones is 1. The highest BCUT2D eigenvalue weighted by Crippen LogP contribution is 2.37. The van der Waals surface area contributed by atoms with Gasteiger partial charge in [-0.15, -0.1) is 0 Å². The van der Waals surface area contributed by atoms with Crippen molar-refractivity contribution in [3.63, 3.8) is 0 Å². The minimum atomic E-state index is -1.55. The van der Waals surface area contributed by atoms with E-state index in [0.717, 1.165) is 24.0 Å². The number of hydrogen-bond acceptors (Lipinski definition) is 5. The summed E-state index contributed by atoms with van der Waals surface area (Å²) in [7, 11) is 1.81. The van der Waals surface area contributed by atoms with Crippen LogP contribution in [0.2, 0.25) is 10.0 Å². The van der Waals surface area contributed by atoms with Crippen molar-refractivity contribution in [2.75, 3.05) is 31.2 Å². The van der Waals surface area contributed by atoms with Gasteiger partial charge in [-0.05, 0) is 43.2 Å². The molecule has 5 rings (SSSR count). The van der Waals surface area contributed by atoms with Crippen molar-refractivity contribution < 1.29 is 23.8 Å². The van der Waals surface area contributed by atoms with Gasteiger partial charge in [-0.3, -0.25) is 4.79 Å². The Bertz CT molecular complexity index is 1450. The number of carboxylic acid groups (broad SMARTS) is 1. The molecule has 2 heterocycles. The van der Waals surface area contributed by atoms with Crippen LogP contribution in [0, 0.1) is 5.92 Å². The van der Waals surface area contributed by atoms with Crippen LogP contribution in [0.15, 0.2) is 48.2 Å². The van der Waals surface area contributed by atoms with E-state index in [1.807, 2.05) is 19.2 Å². The van der Waals surface area contributed by atoms with Gasteiger partial charge in [0.2, 0.25) is 0 Å². The number of carboxylic acids is 1. The maximum atomic E-state index is 15.8. The average molecular weight is 574 g/mol. The first-order valence-corrected chi connectivity index (χ1v) is 13.6. The second-order valence-corrected chi connectivity index (χ2v) is 11.2. The Kier molecular flexibility index (Phi) is 7.64. The molecule has 3 N–H and O–H groups in total. The zero-order chi connectivity index (χ0) is 27.9. The van der Waals surface area contributed by atoms with Gasteiger partial charge in [0.05, 0.1) is 40.0 Å². The number of rotatable bonds is 9. The Labute approximate surface area is 235 Å². The number of aromatic carboxylic acids is 1. The zero-order valence-electron chi connectivity index (χ0n) is 21.6. The number of carbonyl (C=O) groups is 2. The molecule has 1 aromatic heterocycles. The highest BCUT2D eigenvalue weighted by atomic mass is 35.5. The molecule has 1 saturated heterocycles. The fourth-order valence-corrected chi connectivity index (χ4v) is 5.77. The minimum absolute atomic E-state index is 0.0980. The molecule has 1 aliphatic carbocycles. The van der Waals surface area contributed by atoms with Crippen LogP contribution in [0.1, 0.15) is 41.6 Å². The Hall–Kier alpha value is -3.07. The summed E-state index contributed by atoms with van der Waals surface area (Å²) < 4.78 is 23.3. The molecule has 0 amide bonds. The molecule has 0 atom stereocenters. The van der Waals surface area contributed by atoms with Gasteiger partial charge in [-0.25, -0.2) is 9.18 Å². The Morgan fingerprint density at radius 3 is 2.44 bits per heavy atom. The Morgan fingerprint density at radius 2 is 1.82 bits per heavy atom. The minimum Gasteiger partial charge on any atom is -0.478 e. The third-order valence-electron chi connectivity index (χ3n) is 7.64. The summed E-state index contributed by atoms with van der Waals surface area (Å²) in [5.41, 5.74) is 7.65. The molecule has 0 unspecified atom stereocenters. The maximum absolute atomic E-state index is 15.8. The van der Waals surface area contributed by atoms with Crippen LogP contribution in [0.3, 0.4) is 0 Å². The van der Waals surface area contributed by atoms with Crippen molar-refractivity contribution in [1.29, 1.82) is 0 Å². The van der Waals surface area contributed by atoms with Gasteiger partial charge in [0.25, 0.3) is 0 Å². The van der Waals surface area contributed by atoms with Crippen LogP contribution in [0.25, 0.3) is 16.6 Å². The van der Waals surface area contributed by atoms with Gasteiger partial charge in [-0.1, -0.05) is 29.3 Å². The van der Waals surface area contributed by atoms with Crippen molar-refractivity contribution in [1.82, 2.24) is 4.57 Å². The molecule has 2 fully saturated rings. The van der Waals surface area contributed by atoms with Crippen molar-refractivity contribution in [3.8, 4) is 0 Å². The van der Waals surface area contributed by atoms with Crippen LogP contribution in [0.4, 0.5) is 10.1 Å². The number of aromatic nitrogens is 1. The molecule has 2 aliphatic rings. The molecule has 0 radical (unpaired) electrons. The quantitative estimate of drug-likeness (QED) is 0.311. The number of aryl methyl sites for hydroxylation is 1. The number of nitrogens with two attached hydrogens (primary N) is 1. The normalized spacial score (nSPS) is 17.8. The highest BCUT2D eigenvalue weighted by molar-refractivity contribution is 6.37. The molecule has 7 nitrogen and oxygen atoms in total. The molecule has 2 aromatic carbocycles. The number of piperidine rings is 1. The Balaban J connectivity index is 1.25. The lowest BCUT2D eigenvalue weighted by molar-refractivity contribution is -0.117. The summed E-state index contributed by atoms with van der Waals surface area (Å²) in [6, 6.07) is 10.6. The second-order valence-electron chi connectivity index (χ2n) is 10.4. The number of carbonyl (C=O) groups excluding carboxylic acids is 1. The van der Waals surface area contributed by atoms with Gasteiger partial charge in [0.1, 0.15) is 5.67 Å². The van der Waals surface area contributed by atoms with Crippen LogP contribution < -0.4 is 10.6 Å². The summed E-state index contributed by atoms with van der Waals surface area (Å²) in [6.07, 6.45) is 3.68. The smallest absolute Gasteiger partial charge is 0.337 e. The van der Waals surface area contributed by atoms with E-state index in [1.165, 1.54) is 0 Å². The van der Waals surface area contributed by atoms with Gasteiger partial charge in [0.15, 0.2) is 5.78 Å². The lowest BCUT2D eigenvalue weighted by atomic mass is 9.93. The summed E-state index contributed by atoms with van der Waals surface area (Å²) in [5.74, 6) is -1.17. The molecule has 206 valence electrons. The number of fused-ring (bicyclic) bond motifs is 1. The van der Waals surface area contributed by atoms with E-state index in [9.17, 15) is 14.7 Å².